The van der Waals surface area contributed by atoms with Crippen LogP contribution in [0.2, 0.25) is 0 Å². The standard InChI is InChI=1S/C10H18O/c1-3-8(2)10(11)9-6-4-5-7-9/h6,8,10-11H,3-5,7H2,1-2H3. The molecule has 1 heteroatoms. The molecule has 1 N–H and O–H groups in total. The highest BCUT2D eigenvalue weighted by molar-refractivity contribution is 5.13. The van der Waals surface area contributed by atoms with E-state index < -0.39 is 0 Å². The van der Waals surface area contributed by atoms with Gasteiger partial charge in [0.05, 0.1) is 6.10 Å². The minimum absolute atomic E-state index is 0.164. The minimum atomic E-state index is -0.164. The molecule has 0 bridgehead atoms. The second-order valence-electron chi connectivity index (χ2n) is 3.50. The van der Waals surface area contributed by atoms with Crippen molar-refractivity contribution in [3.63, 3.8) is 0 Å². The topological polar surface area (TPSA) is 20.2 Å². The summed E-state index contributed by atoms with van der Waals surface area (Å²) in [5.41, 5.74) is 1.28. The monoisotopic (exact) mass is 154 g/mol. The summed E-state index contributed by atoms with van der Waals surface area (Å²) in [7, 11) is 0. The molecule has 0 spiro atoms. The van der Waals surface area contributed by atoms with Gasteiger partial charge in [-0.05, 0) is 30.8 Å². The van der Waals surface area contributed by atoms with E-state index in [9.17, 15) is 5.11 Å². The van der Waals surface area contributed by atoms with E-state index in [1.165, 1.54) is 18.4 Å². The summed E-state index contributed by atoms with van der Waals surface area (Å²) < 4.78 is 0. The number of rotatable bonds is 3. The first-order valence-electron chi connectivity index (χ1n) is 4.62. The van der Waals surface area contributed by atoms with Crippen LogP contribution in [0.4, 0.5) is 0 Å². The minimum Gasteiger partial charge on any atom is -0.388 e. The summed E-state index contributed by atoms with van der Waals surface area (Å²) in [5.74, 6) is 0.430. The Labute approximate surface area is 69.1 Å². The van der Waals surface area contributed by atoms with Crippen molar-refractivity contribution in [1.29, 1.82) is 0 Å². The fourth-order valence-electron chi connectivity index (χ4n) is 1.55. The third kappa shape index (κ3) is 2.06. The number of aliphatic hydroxyl groups is 1. The Kier molecular flexibility index (Phi) is 3.13. The van der Waals surface area contributed by atoms with Crippen LogP contribution < -0.4 is 0 Å². The number of aliphatic hydroxyl groups excluding tert-OH is 1. The van der Waals surface area contributed by atoms with Gasteiger partial charge in [0.1, 0.15) is 0 Å². The second kappa shape index (κ2) is 3.91. The highest BCUT2D eigenvalue weighted by atomic mass is 16.3. The molecular weight excluding hydrogens is 136 g/mol. The van der Waals surface area contributed by atoms with Crippen molar-refractivity contribution in [2.75, 3.05) is 0 Å². The van der Waals surface area contributed by atoms with E-state index >= 15 is 0 Å². The molecule has 2 unspecified atom stereocenters. The summed E-state index contributed by atoms with van der Waals surface area (Å²) in [5, 5.41) is 9.75. The van der Waals surface area contributed by atoms with Crippen molar-refractivity contribution in [2.45, 2.75) is 45.6 Å². The molecule has 0 saturated carbocycles. The van der Waals surface area contributed by atoms with Crippen molar-refractivity contribution in [2.24, 2.45) is 5.92 Å². The lowest BCUT2D eigenvalue weighted by molar-refractivity contribution is 0.146. The SMILES string of the molecule is CCC(C)C(O)C1=CCCC1. The Morgan fingerprint density at radius 2 is 2.36 bits per heavy atom. The number of allylic oxidation sites excluding steroid dienone is 1. The van der Waals surface area contributed by atoms with Crippen molar-refractivity contribution in [3.05, 3.63) is 11.6 Å². The van der Waals surface area contributed by atoms with Crippen molar-refractivity contribution in [1.82, 2.24) is 0 Å². The van der Waals surface area contributed by atoms with Gasteiger partial charge in [-0.1, -0.05) is 26.3 Å². The summed E-state index contributed by atoms with van der Waals surface area (Å²) in [4.78, 5) is 0. The summed E-state index contributed by atoms with van der Waals surface area (Å²) in [6, 6.07) is 0. The van der Waals surface area contributed by atoms with Gasteiger partial charge < -0.3 is 5.11 Å². The van der Waals surface area contributed by atoms with E-state index in [0.29, 0.717) is 5.92 Å². The second-order valence-corrected chi connectivity index (χ2v) is 3.50. The first-order chi connectivity index (χ1) is 5.25. The highest BCUT2D eigenvalue weighted by Gasteiger charge is 2.18. The lowest BCUT2D eigenvalue weighted by atomic mass is 9.95. The zero-order chi connectivity index (χ0) is 8.27. The van der Waals surface area contributed by atoms with Crippen molar-refractivity contribution >= 4 is 0 Å². The lowest BCUT2D eigenvalue weighted by Crippen LogP contribution is -2.18. The van der Waals surface area contributed by atoms with E-state index in [4.69, 9.17) is 0 Å². The molecular formula is C10H18O. The largest absolute Gasteiger partial charge is 0.388 e. The van der Waals surface area contributed by atoms with Gasteiger partial charge in [0.15, 0.2) is 0 Å². The van der Waals surface area contributed by atoms with Crippen LogP contribution in [0.5, 0.6) is 0 Å². The third-order valence-electron chi connectivity index (χ3n) is 2.64. The molecule has 0 saturated heterocycles. The van der Waals surface area contributed by atoms with Gasteiger partial charge in [0, 0.05) is 0 Å². The Morgan fingerprint density at radius 3 is 2.82 bits per heavy atom. The fraction of sp³-hybridized carbons (Fsp3) is 0.800. The van der Waals surface area contributed by atoms with Gasteiger partial charge in [0.2, 0.25) is 0 Å². The van der Waals surface area contributed by atoms with Crippen molar-refractivity contribution < 1.29 is 5.11 Å². The molecule has 0 fully saturated rings. The van der Waals surface area contributed by atoms with Gasteiger partial charge >= 0.3 is 0 Å². The smallest absolute Gasteiger partial charge is 0.0775 e. The molecule has 0 aromatic heterocycles. The number of hydrogen-bond donors (Lipinski definition) is 1. The van der Waals surface area contributed by atoms with E-state index in [0.717, 1.165) is 12.8 Å². The van der Waals surface area contributed by atoms with Crippen LogP contribution in [-0.4, -0.2) is 11.2 Å². The molecule has 2 atom stereocenters. The van der Waals surface area contributed by atoms with Gasteiger partial charge in [-0.25, -0.2) is 0 Å². The maximum atomic E-state index is 9.75. The van der Waals surface area contributed by atoms with Crippen LogP contribution in [-0.2, 0) is 0 Å². The summed E-state index contributed by atoms with van der Waals surface area (Å²) in [6.45, 7) is 4.24. The average Bonchev–Trinajstić information content (AvgIpc) is 2.53. The van der Waals surface area contributed by atoms with Crippen LogP contribution >= 0.6 is 0 Å². The predicted octanol–water partition coefficient (Wildman–Crippen LogP) is 2.50. The predicted molar refractivity (Wildman–Crippen MR) is 47.4 cm³/mol. The van der Waals surface area contributed by atoms with Crippen LogP contribution in [0.15, 0.2) is 11.6 Å². The molecule has 0 amide bonds. The van der Waals surface area contributed by atoms with Gasteiger partial charge in [-0.2, -0.15) is 0 Å². The van der Waals surface area contributed by atoms with Crippen LogP contribution in [0.1, 0.15) is 39.5 Å². The van der Waals surface area contributed by atoms with Gasteiger partial charge in [-0.3, -0.25) is 0 Å². The maximum Gasteiger partial charge on any atom is 0.0775 e. The van der Waals surface area contributed by atoms with Crippen LogP contribution in [0.3, 0.4) is 0 Å². The maximum absolute atomic E-state index is 9.75. The highest BCUT2D eigenvalue weighted by Crippen LogP contribution is 2.25. The Bertz CT molecular complexity index is 149. The molecule has 0 radical (unpaired) electrons. The quantitative estimate of drug-likeness (QED) is 0.619. The van der Waals surface area contributed by atoms with E-state index in [-0.39, 0.29) is 6.10 Å². The molecule has 1 aliphatic carbocycles. The molecule has 0 heterocycles. The fourth-order valence-corrected chi connectivity index (χ4v) is 1.55. The molecule has 64 valence electrons. The Hall–Kier alpha value is -0.300. The lowest BCUT2D eigenvalue weighted by Gasteiger charge is -2.18. The number of hydrogen-bond acceptors (Lipinski definition) is 1. The van der Waals surface area contributed by atoms with Crippen LogP contribution in [0, 0.1) is 5.92 Å². The molecule has 0 aromatic rings. The van der Waals surface area contributed by atoms with E-state index in [1.807, 2.05) is 0 Å². The molecule has 0 aromatic carbocycles. The van der Waals surface area contributed by atoms with E-state index in [1.54, 1.807) is 0 Å². The molecule has 1 rings (SSSR count). The summed E-state index contributed by atoms with van der Waals surface area (Å²) in [6.07, 6.45) is 6.63. The zero-order valence-corrected chi connectivity index (χ0v) is 7.51. The molecule has 0 aliphatic heterocycles. The third-order valence-corrected chi connectivity index (χ3v) is 2.64. The first-order valence-corrected chi connectivity index (χ1v) is 4.62. The molecule has 1 aliphatic rings. The molecule has 1 nitrogen and oxygen atoms in total. The average molecular weight is 154 g/mol. The molecule has 11 heavy (non-hydrogen) atoms. The Balaban J connectivity index is 2.45. The normalized spacial score (nSPS) is 23.0. The van der Waals surface area contributed by atoms with E-state index in [2.05, 4.69) is 19.9 Å². The zero-order valence-electron chi connectivity index (χ0n) is 7.51. The Morgan fingerprint density at radius 1 is 1.64 bits per heavy atom. The van der Waals surface area contributed by atoms with Gasteiger partial charge in [0.25, 0.3) is 0 Å². The van der Waals surface area contributed by atoms with Crippen molar-refractivity contribution in [3.8, 4) is 0 Å². The first kappa shape index (κ1) is 8.79. The summed E-state index contributed by atoms with van der Waals surface area (Å²) >= 11 is 0. The van der Waals surface area contributed by atoms with Gasteiger partial charge in [-0.15, -0.1) is 0 Å². The van der Waals surface area contributed by atoms with Crippen LogP contribution in [0.25, 0.3) is 0 Å².